The van der Waals surface area contributed by atoms with E-state index in [9.17, 15) is 5.11 Å². The predicted molar refractivity (Wildman–Crippen MR) is 25.7 cm³/mol. The van der Waals surface area contributed by atoms with E-state index in [4.69, 9.17) is 10.2 Å². The summed E-state index contributed by atoms with van der Waals surface area (Å²) < 4.78 is 0. The van der Waals surface area contributed by atoms with E-state index >= 15 is 0 Å². The van der Waals surface area contributed by atoms with Crippen molar-refractivity contribution in [3.05, 3.63) is 0 Å². The van der Waals surface area contributed by atoms with E-state index in [1.54, 1.807) is 0 Å². The third-order valence-electron chi connectivity index (χ3n) is 1.45. The van der Waals surface area contributed by atoms with Crippen LogP contribution >= 0.6 is 0 Å². The van der Waals surface area contributed by atoms with Gasteiger partial charge < -0.3 is 10.2 Å². The zero-order chi connectivity index (χ0) is 6.15. The Labute approximate surface area is 47.6 Å². The standard InChI is InChI=1S/C5H9O3/c6-3-1-4(7)5(8)2-3/h3-5,7-8H,1-2H2. The summed E-state index contributed by atoms with van der Waals surface area (Å²) in [5.74, 6) is 0. The lowest BCUT2D eigenvalue weighted by Gasteiger charge is -2.02. The lowest BCUT2D eigenvalue weighted by Crippen LogP contribution is -2.17. The highest BCUT2D eigenvalue weighted by molar-refractivity contribution is 4.81. The van der Waals surface area contributed by atoms with Gasteiger partial charge in [0.15, 0.2) is 0 Å². The van der Waals surface area contributed by atoms with E-state index in [1.807, 2.05) is 0 Å². The summed E-state index contributed by atoms with van der Waals surface area (Å²) in [5.41, 5.74) is 0. The summed E-state index contributed by atoms with van der Waals surface area (Å²) in [5, 5.41) is 27.9. The number of hydrogen-bond acceptors (Lipinski definition) is 2. The molecule has 1 saturated carbocycles. The fourth-order valence-corrected chi connectivity index (χ4v) is 0.949. The van der Waals surface area contributed by atoms with Crippen molar-refractivity contribution in [2.24, 2.45) is 0 Å². The largest absolute Gasteiger partial charge is 0.390 e. The molecule has 0 saturated heterocycles. The third-order valence-corrected chi connectivity index (χ3v) is 1.45. The molecule has 3 nitrogen and oxygen atoms in total. The minimum atomic E-state index is -0.766. The fourth-order valence-electron chi connectivity index (χ4n) is 0.949. The Morgan fingerprint density at radius 3 is 1.62 bits per heavy atom. The average Bonchev–Trinajstić information content (AvgIpc) is 1.85. The number of hydrogen-bond donors (Lipinski definition) is 2. The van der Waals surface area contributed by atoms with Crippen molar-refractivity contribution in [2.45, 2.75) is 31.2 Å². The Morgan fingerprint density at radius 1 is 1.12 bits per heavy atom. The minimum absolute atomic E-state index is 0.209. The molecular weight excluding hydrogens is 108 g/mol. The van der Waals surface area contributed by atoms with Gasteiger partial charge in [-0.3, -0.25) is 0 Å². The van der Waals surface area contributed by atoms with Crippen LogP contribution in [-0.2, 0) is 5.11 Å². The molecule has 47 valence electrons. The van der Waals surface area contributed by atoms with Crippen LogP contribution in [0.4, 0.5) is 0 Å². The fraction of sp³-hybridized carbons (Fsp3) is 1.00. The SMILES string of the molecule is [O]C1CC(O)C(O)C1. The topological polar surface area (TPSA) is 60.4 Å². The highest BCUT2D eigenvalue weighted by Crippen LogP contribution is 2.19. The zero-order valence-electron chi connectivity index (χ0n) is 4.45. The highest BCUT2D eigenvalue weighted by atomic mass is 16.3. The van der Waals surface area contributed by atoms with Gasteiger partial charge in [0.05, 0.1) is 18.3 Å². The summed E-state index contributed by atoms with van der Waals surface area (Å²) in [6, 6.07) is 0. The molecule has 8 heavy (non-hydrogen) atoms. The first kappa shape index (κ1) is 6.01. The van der Waals surface area contributed by atoms with Gasteiger partial charge in [-0.2, -0.15) is 0 Å². The summed E-state index contributed by atoms with van der Waals surface area (Å²) in [6.07, 6.45) is -1.86. The lowest BCUT2D eigenvalue weighted by molar-refractivity contribution is 0.0438. The van der Waals surface area contributed by atoms with Crippen LogP contribution in [-0.4, -0.2) is 28.5 Å². The van der Waals surface area contributed by atoms with Crippen LogP contribution < -0.4 is 0 Å². The quantitative estimate of drug-likeness (QED) is 0.440. The zero-order valence-corrected chi connectivity index (χ0v) is 4.45. The predicted octanol–water partition coefficient (Wildman–Crippen LogP) is -0.699. The minimum Gasteiger partial charge on any atom is -0.390 e. The summed E-state index contributed by atoms with van der Waals surface area (Å²) in [6.45, 7) is 0. The van der Waals surface area contributed by atoms with E-state index in [2.05, 4.69) is 0 Å². The first-order chi connectivity index (χ1) is 3.70. The van der Waals surface area contributed by atoms with Crippen LogP contribution in [0.5, 0.6) is 0 Å². The van der Waals surface area contributed by atoms with E-state index in [1.165, 1.54) is 0 Å². The van der Waals surface area contributed by atoms with E-state index in [0.717, 1.165) is 0 Å². The van der Waals surface area contributed by atoms with Crippen LogP contribution in [0.1, 0.15) is 12.8 Å². The summed E-state index contributed by atoms with van der Waals surface area (Å²) in [4.78, 5) is 0. The normalized spacial score (nSPS) is 47.6. The number of rotatable bonds is 0. The molecule has 1 fully saturated rings. The Balaban J connectivity index is 2.39. The molecule has 1 radical (unpaired) electrons. The monoisotopic (exact) mass is 117 g/mol. The molecule has 0 amide bonds. The van der Waals surface area contributed by atoms with Crippen molar-refractivity contribution >= 4 is 0 Å². The van der Waals surface area contributed by atoms with Crippen LogP contribution in [0.3, 0.4) is 0 Å². The maximum absolute atomic E-state index is 10.4. The second kappa shape index (κ2) is 2.01. The van der Waals surface area contributed by atoms with Crippen molar-refractivity contribution in [3.63, 3.8) is 0 Å². The summed E-state index contributed by atoms with van der Waals surface area (Å²) >= 11 is 0. The van der Waals surface area contributed by atoms with Crippen LogP contribution in [0.2, 0.25) is 0 Å². The smallest absolute Gasteiger partial charge is 0.0981 e. The maximum atomic E-state index is 10.4. The Bertz CT molecular complexity index is 73.7. The van der Waals surface area contributed by atoms with Crippen molar-refractivity contribution in [1.29, 1.82) is 0 Å². The molecule has 1 aliphatic carbocycles. The number of aliphatic hydroxyl groups is 2. The van der Waals surface area contributed by atoms with Crippen molar-refractivity contribution < 1.29 is 15.3 Å². The molecule has 1 aliphatic rings. The number of aliphatic hydroxyl groups excluding tert-OH is 2. The molecule has 0 aromatic heterocycles. The molecule has 0 aromatic carbocycles. The van der Waals surface area contributed by atoms with Crippen LogP contribution in [0, 0.1) is 0 Å². The van der Waals surface area contributed by atoms with Gasteiger partial charge in [-0.1, -0.05) is 0 Å². The molecule has 0 heterocycles. The van der Waals surface area contributed by atoms with Gasteiger partial charge in [-0.05, 0) is 0 Å². The van der Waals surface area contributed by atoms with Gasteiger partial charge in [0, 0.05) is 12.8 Å². The molecular formula is C5H9O3. The van der Waals surface area contributed by atoms with E-state index in [0.29, 0.717) is 0 Å². The second-order valence-electron chi connectivity index (χ2n) is 2.23. The first-order valence-corrected chi connectivity index (χ1v) is 2.72. The summed E-state index contributed by atoms with van der Waals surface area (Å²) in [7, 11) is 0. The molecule has 3 heteroatoms. The molecule has 0 aromatic rings. The van der Waals surface area contributed by atoms with E-state index in [-0.39, 0.29) is 12.8 Å². The molecule has 0 bridgehead atoms. The Kier molecular flexibility index (Phi) is 1.51. The Hall–Kier alpha value is -0.120. The van der Waals surface area contributed by atoms with Crippen molar-refractivity contribution in [1.82, 2.24) is 0 Å². The lowest BCUT2D eigenvalue weighted by atomic mass is 10.3. The molecule has 0 spiro atoms. The third kappa shape index (κ3) is 0.992. The molecule has 2 N–H and O–H groups in total. The Morgan fingerprint density at radius 2 is 1.50 bits per heavy atom. The van der Waals surface area contributed by atoms with Crippen molar-refractivity contribution in [3.8, 4) is 0 Å². The first-order valence-electron chi connectivity index (χ1n) is 2.72. The van der Waals surface area contributed by atoms with E-state index < -0.39 is 18.3 Å². The van der Waals surface area contributed by atoms with Gasteiger partial charge in [0.2, 0.25) is 0 Å². The van der Waals surface area contributed by atoms with Gasteiger partial charge >= 0.3 is 0 Å². The second-order valence-corrected chi connectivity index (χ2v) is 2.23. The molecule has 2 unspecified atom stereocenters. The van der Waals surface area contributed by atoms with Gasteiger partial charge in [-0.15, -0.1) is 0 Å². The van der Waals surface area contributed by atoms with Gasteiger partial charge in [-0.25, -0.2) is 5.11 Å². The van der Waals surface area contributed by atoms with Gasteiger partial charge in [0.25, 0.3) is 0 Å². The maximum Gasteiger partial charge on any atom is 0.0981 e. The molecule has 0 aliphatic heterocycles. The average molecular weight is 117 g/mol. The highest BCUT2D eigenvalue weighted by Gasteiger charge is 2.30. The van der Waals surface area contributed by atoms with Gasteiger partial charge in [0.1, 0.15) is 0 Å². The molecule has 2 atom stereocenters. The van der Waals surface area contributed by atoms with Crippen molar-refractivity contribution in [2.75, 3.05) is 0 Å². The van der Waals surface area contributed by atoms with Crippen LogP contribution in [0.15, 0.2) is 0 Å². The molecule has 1 rings (SSSR count). The van der Waals surface area contributed by atoms with Crippen LogP contribution in [0.25, 0.3) is 0 Å².